The van der Waals surface area contributed by atoms with E-state index in [1.54, 1.807) is 34.6 Å². The van der Waals surface area contributed by atoms with Crippen LogP contribution >= 0.6 is 0 Å². The van der Waals surface area contributed by atoms with Crippen molar-refractivity contribution in [3.63, 3.8) is 0 Å². The predicted octanol–water partition coefficient (Wildman–Crippen LogP) is 2.52. The number of nitrogens with zero attached hydrogens (tertiary/aromatic N) is 1. The van der Waals surface area contributed by atoms with Crippen LogP contribution in [0.5, 0.6) is 0 Å². The standard InChI is InChI=1S/C12H17NO3/c1-8-6-12(13(15)16,11(3,4)5)7-9(2)10(8)14/h6-7H,1-5H3. The van der Waals surface area contributed by atoms with E-state index in [4.69, 9.17) is 0 Å². The highest BCUT2D eigenvalue weighted by molar-refractivity contribution is 6.08. The molecule has 0 aromatic rings. The fourth-order valence-corrected chi connectivity index (χ4v) is 1.96. The zero-order valence-electron chi connectivity index (χ0n) is 10.3. The zero-order chi connectivity index (χ0) is 12.7. The molecule has 0 heterocycles. The predicted molar refractivity (Wildman–Crippen MR) is 61.7 cm³/mol. The number of Topliss-reactive ketones (excluding diaryl/α,β-unsaturated/α-hetero) is 1. The van der Waals surface area contributed by atoms with Crippen LogP contribution in [0.4, 0.5) is 0 Å². The van der Waals surface area contributed by atoms with E-state index in [9.17, 15) is 14.9 Å². The topological polar surface area (TPSA) is 60.2 Å². The third-order valence-electron chi connectivity index (χ3n) is 3.09. The third kappa shape index (κ3) is 1.68. The van der Waals surface area contributed by atoms with Crippen molar-refractivity contribution < 1.29 is 9.72 Å². The molecule has 4 heteroatoms. The first-order valence-electron chi connectivity index (χ1n) is 5.20. The van der Waals surface area contributed by atoms with E-state index in [0.717, 1.165) is 0 Å². The maximum Gasteiger partial charge on any atom is 0.264 e. The van der Waals surface area contributed by atoms with Crippen LogP contribution in [0.15, 0.2) is 23.3 Å². The maximum absolute atomic E-state index is 11.6. The minimum Gasteiger partial charge on any atom is -0.289 e. The molecule has 0 amide bonds. The fourth-order valence-electron chi connectivity index (χ4n) is 1.96. The lowest BCUT2D eigenvalue weighted by Crippen LogP contribution is -2.48. The lowest BCUT2D eigenvalue weighted by Gasteiger charge is -2.34. The van der Waals surface area contributed by atoms with Crippen LogP contribution in [-0.4, -0.2) is 16.2 Å². The number of carbonyl (C=O) groups is 1. The SMILES string of the molecule is CC1=CC([N+](=O)[O-])(C(C)(C)C)C=C(C)C1=O. The van der Waals surface area contributed by atoms with Crippen molar-refractivity contribution in [2.75, 3.05) is 0 Å². The summed E-state index contributed by atoms with van der Waals surface area (Å²) in [5.41, 5.74) is -0.951. The number of allylic oxidation sites excluding steroid dienone is 2. The summed E-state index contributed by atoms with van der Waals surface area (Å²) >= 11 is 0. The highest BCUT2D eigenvalue weighted by Gasteiger charge is 2.52. The van der Waals surface area contributed by atoms with E-state index in [-0.39, 0.29) is 10.7 Å². The monoisotopic (exact) mass is 223 g/mol. The first-order valence-corrected chi connectivity index (χ1v) is 5.20. The molecule has 0 N–H and O–H groups in total. The second kappa shape index (κ2) is 3.54. The van der Waals surface area contributed by atoms with Gasteiger partial charge in [0.1, 0.15) is 0 Å². The van der Waals surface area contributed by atoms with Crippen LogP contribution in [0.2, 0.25) is 0 Å². The second-order valence-electron chi connectivity index (χ2n) is 5.32. The van der Waals surface area contributed by atoms with Gasteiger partial charge in [-0.25, -0.2) is 0 Å². The molecule has 1 aliphatic carbocycles. The largest absolute Gasteiger partial charge is 0.289 e. The lowest BCUT2D eigenvalue weighted by molar-refractivity contribution is -0.559. The Morgan fingerprint density at radius 3 is 1.81 bits per heavy atom. The van der Waals surface area contributed by atoms with E-state index >= 15 is 0 Å². The Hall–Kier alpha value is -1.45. The molecule has 1 rings (SSSR count). The van der Waals surface area contributed by atoms with Gasteiger partial charge in [-0.3, -0.25) is 14.9 Å². The number of hydrogen-bond acceptors (Lipinski definition) is 3. The minimum absolute atomic E-state index is 0.110. The molecular weight excluding hydrogens is 206 g/mol. The van der Waals surface area contributed by atoms with Gasteiger partial charge in [-0.05, 0) is 13.8 Å². The maximum atomic E-state index is 11.6. The lowest BCUT2D eigenvalue weighted by atomic mass is 9.69. The van der Waals surface area contributed by atoms with Crippen LogP contribution in [0.25, 0.3) is 0 Å². The van der Waals surface area contributed by atoms with Crippen molar-refractivity contribution >= 4 is 5.78 Å². The molecule has 0 saturated carbocycles. The van der Waals surface area contributed by atoms with Gasteiger partial charge in [-0.1, -0.05) is 20.8 Å². The molecule has 0 aliphatic heterocycles. The normalized spacial score (nSPS) is 20.2. The van der Waals surface area contributed by atoms with Gasteiger partial charge in [-0.2, -0.15) is 0 Å². The Bertz CT molecular complexity index is 388. The summed E-state index contributed by atoms with van der Waals surface area (Å²) in [5, 5.41) is 11.3. The van der Waals surface area contributed by atoms with Crippen molar-refractivity contribution in [2.24, 2.45) is 5.41 Å². The fraction of sp³-hybridized carbons (Fsp3) is 0.583. The molecule has 16 heavy (non-hydrogen) atoms. The van der Waals surface area contributed by atoms with Gasteiger partial charge in [0.05, 0.1) is 0 Å². The summed E-state index contributed by atoms with van der Waals surface area (Å²) in [6.45, 7) is 8.67. The number of ketones is 1. The van der Waals surface area contributed by atoms with Crippen molar-refractivity contribution in [3.05, 3.63) is 33.4 Å². The van der Waals surface area contributed by atoms with Gasteiger partial charge in [0.25, 0.3) is 5.54 Å². The summed E-state index contributed by atoms with van der Waals surface area (Å²) in [5.74, 6) is -0.110. The number of nitro groups is 1. The average molecular weight is 223 g/mol. The van der Waals surface area contributed by atoms with Gasteiger partial charge < -0.3 is 0 Å². The van der Waals surface area contributed by atoms with Crippen LogP contribution in [-0.2, 0) is 4.79 Å². The zero-order valence-corrected chi connectivity index (χ0v) is 10.3. The molecule has 1 aliphatic rings. The van der Waals surface area contributed by atoms with Crippen molar-refractivity contribution in [1.82, 2.24) is 0 Å². The third-order valence-corrected chi connectivity index (χ3v) is 3.09. The van der Waals surface area contributed by atoms with Crippen molar-refractivity contribution in [2.45, 2.75) is 40.2 Å². The van der Waals surface area contributed by atoms with E-state index in [2.05, 4.69) is 0 Å². The molecule has 0 aromatic heterocycles. The Balaban J connectivity index is 3.47. The quantitative estimate of drug-likeness (QED) is 0.507. The van der Waals surface area contributed by atoms with Gasteiger partial charge >= 0.3 is 0 Å². The molecule has 0 unspecified atom stereocenters. The number of rotatable bonds is 1. The first-order chi connectivity index (χ1) is 7.12. The van der Waals surface area contributed by atoms with Crippen molar-refractivity contribution in [3.8, 4) is 0 Å². The molecule has 0 aromatic carbocycles. The average Bonchev–Trinajstić information content (AvgIpc) is 2.11. The van der Waals surface area contributed by atoms with E-state index in [1.165, 1.54) is 12.2 Å². The van der Waals surface area contributed by atoms with Gasteiger partial charge in [0.2, 0.25) is 0 Å². The van der Waals surface area contributed by atoms with Crippen LogP contribution in [0.1, 0.15) is 34.6 Å². The highest BCUT2D eigenvalue weighted by Crippen LogP contribution is 2.40. The Labute approximate surface area is 95.2 Å². The molecular formula is C12H17NO3. The van der Waals surface area contributed by atoms with Gasteiger partial charge in [0, 0.05) is 33.6 Å². The second-order valence-corrected chi connectivity index (χ2v) is 5.32. The van der Waals surface area contributed by atoms with Crippen LogP contribution < -0.4 is 0 Å². The summed E-state index contributed by atoms with van der Waals surface area (Å²) in [7, 11) is 0. The van der Waals surface area contributed by atoms with Crippen LogP contribution in [0, 0.1) is 15.5 Å². The molecule has 0 radical (unpaired) electrons. The summed E-state index contributed by atoms with van der Waals surface area (Å²) < 4.78 is 0. The first kappa shape index (κ1) is 12.6. The number of hydrogen-bond donors (Lipinski definition) is 0. The summed E-state index contributed by atoms with van der Waals surface area (Å²) in [6, 6.07) is 0. The molecule has 4 nitrogen and oxygen atoms in total. The smallest absolute Gasteiger partial charge is 0.264 e. The number of carbonyl (C=O) groups excluding carboxylic acids is 1. The Kier molecular flexibility index (Phi) is 2.79. The molecule has 88 valence electrons. The Morgan fingerprint density at radius 2 is 1.56 bits per heavy atom. The van der Waals surface area contributed by atoms with Crippen molar-refractivity contribution in [1.29, 1.82) is 0 Å². The molecule has 0 fully saturated rings. The summed E-state index contributed by atoms with van der Waals surface area (Å²) in [6.07, 6.45) is 2.95. The molecule has 0 saturated heterocycles. The molecule has 0 bridgehead atoms. The summed E-state index contributed by atoms with van der Waals surface area (Å²) in [4.78, 5) is 22.6. The van der Waals surface area contributed by atoms with E-state index in [1.807, 2.05) is 0 Å². The molecule has 0 spiro atoms. The highest BCUT2D eigenvalue weighted by atomic mass is 16.6. The van der Waals surface area contributed by atoms with E-state index in [0.29, 0.717) is 11.1 Å². The van der Waals surface area contributed by atoms with Crippen LogP contribution in [0.3, 0.4) is 0 Å². The van der Waals surface area contributed by atoms with Gasteiger partial charge in [-0.15, -0.1) is 0 Å². The Morgan fingerprint density at radius 1 is 1.19 bits per heavy atom. The van der Waals surface area contributed by atoms with E-state index < -0.39 is 11.0 Å². The minimum atomic E-state index is -1.28. The molecule has 0 atom stereocenters. The van der Waals surface area contributed by atoms with Gasteiger partial charge in [0.15, 0.2) is 5.78 Å².